The van der Waals surface area contributed by atoms with Crippen LogP contribution in [0.5, 0.6) is 5.75 Å². The van der Waals surface area contributed by atoms with Gasteiger partial charge in [-0.1, -0.05) is 30.3 Å². The molecule has 1 aliphatic heterocycles. The zero-order valence-electron chi connectivity index (χ0n) is 17.2. The summed E-state index contributed by atoms with van der Waals surface area (Å²) in [5.74, 6) is 0.313. The van der Waals surface area contributed by atoms with E-state index in [2.05, 4.69) is 5.32 Å². The molecule has 1 N–H and O–H groups in total. The van der Waals surface area contributed by atoms with Gasteiger partial charge in [-0.15, -0.1) is 0 Å². The fourth-order valence-electron chi connectivity index (χ4n) is 3.47. The lowest BCUT2D eigenvalue weighted by molar-refractivity contribution is -0.140. The fourth-order valence-corrected chi connectivity index (χ4v) is 3.72. The number of carbonyl (C=O) groups is 1. The lowest BCUT2D eigenvalue weighted by Crippen LogP contribution is -2.46. The number of thiocarbonyl (C=S) groups is 1. The van der Waals surface area contributed by atoms with E-state index in [9.17, 15) is 4.79 Å². The quantitative estimate of drug-likeness (QED) is 0.422. The van der Waals surface area contributed by atoms with Crippen molar-refractivity contribution in [3.63, 3.8) is 0 Å². The van der Waals surface area contributed by atoms with Crippen LogP contribution in [0.1, 0.15) is 25.5 Å². The third kappa shape index (κ3) is 4.21. The van der Waals surface area contributed by atoms with Crippen LogP contribution in [0.3, 0.4) is 0 Å². The number of hydrogen-bond acceptors (Lipinski definition) is 5. The van der Waals surface area contributed by atoms with Gasteiger partial charge >= 0.3 is 5.97 Å². The number of rotatable bonds is 7. The molecule has 2 aromatic carbocycles. The molecule has 6 nitrogen and oxygen atoms in total. The average molecular weight is 415 g/mol. The molecule has 1 atom stereocenters. The summed E-state index contributed by atoms with van der Waals surface area (Å²) >= 11 is 5.53. The standard InChI is InChI=1S/C22H26N2O4S/c1-5-27-17-11-10-15-8-6-7-9-16(15)19(17)20-18(21(25)28-13-12-26-4)14(2)24(3)22(29)23-20/h6-11,20H,5,12-13H2,1-4H3,(H,23,29). The van der Waals surface area contributed by atoms with Crippen LogP contribution in [-0.4, -0.2) is 50.0 Å². The minimum Gasteiger partial charge on any atom is -0.493 e. The summed E-state index contributed by atoms with van der Waals surface area (Å²) in [5, 5.41) is 5.91. The molecule has 0 radical (unpaired) electrons. The Bertz CT molecular complexity index is 957. The van der Waals surface area contributed by atoms with Crippen LogP contribution < -0.4 is 10.1 Å². The lowest BCUT2D eigenvalue weighted by atomic mass is 9.90. The molecule has 0 saturated heterocycles. The Morgan fingerprint density at radius 1 is 1.21 bits per heavy atom. The Kier molecular flexibility index (Phi) is 6.71. The number of hydrogen-bond donors (Lipinski definition) is 1. The first-order chi connectivity index (χ1) is 14.0. The van der Waals surface area contributed by atoms with E-state index in [-0.39, 0.29) is 6.61 Å². The van der Waals surface area contributed by atoms with Gasteiger partial charge in [-0.25, -0.2) is 4.79 Å². The highest BCUT2D eigenvalue weighted by molar-refractivity contribution is 7.80. The Balaban J connectivity index is 2.17. The maximum absolute atomic E-state index is 13.0. The van der Waals surface area contributed by atoms with Gasteiger partial charge in [0.15, 0.2) is 5.11 Å². The molecule has 1 heterocycles. The number of benzene rings is 2. The first-order valence-corrected chi connectivity index (χ1v) is 9.95. The molecule has 154 valence electrons. The number of ether oxygens (including phenoxy) is 3. The molecular weight excluding hydrogens is 388 g/mol. The summed E-state index contributed by atoms with van der Waals surface area (Å²) in [6.45, 7) is 4.84. The van der Waals surface area contributed by atoms with E-state index < -0.39 is 12.0 Å². The lowest BCUT2D eigenvalue weighted by Gasteiger charge is -2.36. The average Bonchev–Trinajstić information content (AvgIpc) is 2.72. The van der Waals surface area contributed by atoms with Crippen molar-refractivity contribution in [1.82, 2.24) is 10.2 Å². The molecule has 0 spiro atoms. The summed E-state index contributed by atoms with van der Waals surface area (Å²) in [5.41, 5.74) is 2.13. The molecule has 7 heteroatoms. The number of fused-ring (bicyclic) bond motifs is 1. The number of carbonyl (C=O) groups excluding carboxylic acids is 1. The van der Waals surface area contributed by atoms with Crippen LogP contribution in [0.4, 0.5) is 0 Å². The van der Waals surface area contributed by atoms with Gasteiger partial charge in [-0.2, -0.15) is 0 Å². The Labute approximate surface area is 176 Å². The number of allylic oxidation sites excluding steroid dienone is 1. The van der Waals surface area contributed by atoms with E-state index in [1.54, 1.807) is 12.0 Å². The molecule has 0 saturated carbocycles. The van der Waals surface area contributed by atoms with Crippen molar-refractivity contribution in [2.45, 2.75) is 19.9 Å². The van der Waals surface area contributed by atoms with Gasteiger partial charge in [0, 0.05) is 25.4 Å². The zero-order valence-corrected chi connectivity index (χ0v) is 18.0. The summed E-state index contributed by atoms with van der Waals surface area (Å²) in [4.78, 5) is 14.8. The second-order valence-corrected chi connectivity index (χ2v) is 7.09. The van der Waals surface area contributed by atoms with Crippen LogP contribution in [-0.2, 0) is 14.3 Å². The molecule has 1 aliphatic rings. The van der Waals surface area contributed by atoms with Crippen LogP contribution >= 0.6 is 12.2 Å². The molecular formula is C22H26N2O4S. The van der Waals surface area contributed by atoms with Gasteiger partial charge < -0.3 is 24.4 Å². The molecule has 0 aromatic heterocycles. The number of nitrogens with one attached hydrogen (secondary N) is 1. The van der Waals surface area contributed by atoms with E-state index in [1.165, 1.54) is 0 Å². The molecule has 0 aliphatic carbocycles. The van der Waals surface area contributed by atoms with Crippen molar-refractivity contribution in [3.05, 3.63) is 53.2 Å². The summed E-state index contributed by atoms with van der Waals surface area (Å²) in [6.07, 6.45) is 0. The van der Waals surface area contributed by atoms with Gasteiger partial charge in [-0.3, -0.25) is 0 Å². The molecule has 1 unspecified atom stereocenters. The van der Waals surface area contributed by atoms with Crippen LogP contribution in [0.15, 0.2) is 47.7 Å². The van der Waals surface area contributed by atoms with E-state index in [1.807, 2.05) is 57.3 Å². The predicted molar refractivity (Wildman–Crippen MR) is 117 cm³/mol. The Hall–Kier alpha value is -2.64. The highest BCUT2D eigenvalue weighted by Gasteiger charge is 2.36. The third-order valence-corrected chi connectivity index (χ3v) is 5.41. The SMILES string of the molecule is CCOc1ccc2ccccc2c1C1NC(=S)N(C)C(C)=C1C(=O)OCCOC. The zero-order chi connectivity index (χ0) is 21.0. The predicted octanol–water partition coefficient (Wildman–Crippen LogP) is 3.56. The van der Waals surface area contributed by atoms with E-state index in [0.29, 0.717) is 29.6 Å². The largest absolute Gasteiger partial charge is 0.493 e. The van der Waals surface area contributed by atoms with Crippen molar-refractivity contribution in [3.8, 4) is 5.75 Å². The van der Waals surface area contributed by atoms with Gasteiger partial charge in [0.2, 0.25) is 0 Å². The highest BCUT2D eigenvalue weighted by atomic mass is 32.1. The summed E-state index contributed by atoms with van der Waals surface area (Å²) in [6, 6.07) is 11.5. The summed E-state index contributed by atoms with van der Waals surface area (Å²) in [7, 11) is 3.40. The molecule has 3 rings (SSSR count). The van der Waals surface area contributed by atoms with E-state index in [0.717, 1.165) is 22.0 Å². The topological polar surface area (TPSA) is 60.0 Å². The third-order valence-electron chi connectivity index (χ3n) is 5.01. The smallest absolute Gasteiger partial charge is 0.338 e. The summed E-state index contributed by atoms with van der Waals surface area (Å²) < 4.78 is 16.4. The number of esters is 1. The van der Waals surface area contributed by atoms with E-state index in [4.69, 9.17) is 26.4 Å². The van der Waals surface area contributed by atoms with E-state index >= 15 is 0 Å². The molecule has 0 amide bonds. The number of methoxy groups -OCH3 is 1. The van der Waals surface area contributed by atoms with Crippen LogP contribution in [0.2, 0.25) is 0 Å². The monoisotopic (exact) mass is 414 g/mol. The van der Waals surface area contributed by atoms with Gasteiger partial charge in [-0.05, 0) is 42.9 Å². The molecule has 0 bridgehead atoms. The first-order valence-electron chi connectivity index (χ1n) is 9.55. The number of nitrogens with zero attached hydrogens (tertiary/aromatic N) is 1. The Morgan fingerprint density at radius 2 is 1.97 bits per heavy atom. The Morgan fingerprint density at radius 3 is 2.69 bits per heavy atom. The fraction of sp³-hybridized carbons (Fsp3) is 0.364. The van der Waals surface area contributed by atoms with Crippen LogP contribution in [0.25, 0.3) is 10.8 Å². The minimum absolute atomic E-state index is 0.181. The second kappa shape index (κ2) is 9.24. The highest BCUT2D eigenvalue weighted by Crippen LogP contribution is 2.40. The van der Waals surface area contributed by atoms with Crippen molar-refractivity contribution >= 4 is 34.1 Å². The van der Waals surface area contributed by atoms with Crippen LogP contribution in [0, 0.1) is 0 Å². The normalized spacial score (nSPS) is 16.8. The minimum atomic E-state index is -0.485. The van der Waals surface area contributed by atoms with Gasteiger partial charge in [0.25, 0.3) is 0 Å². The van der Waals surface area contributed by atoms with Crippen molar-refractivity contribution in [1.29, 1.82) is 0 Å². The molecule has 2 aromatic rings. The van der Waals surface area contributed by atoms with Gasteiger partial charge in [0.05, 0.1) is 24.8 Å². The maximum Gasteiger partial charge on any atom is 0.338 e. The molecule has 0 fully saturated rings. The molecule has 29 heavy (non-hydrogen) atoms. The van der Waals surface area contributed by atoms with Gasteiger partial charge in [0.1, 0.15) is 12.4 Å². The second-order valence-electron chi connectivity index (χ2n) is 6.70. The van der Waals surface area contributed by atoms with Crippen molar-refractivity contribution < 1.29 is 19.0 Å². The van der Waals surface area contributed by atoms with Crippen molar-refractivity contribution in [2.24, 2.45) is 0 Å². The first kappa shape index (κ1) is 21.1. The maximum atomic E-state index is 13.0. The van der Waals surface area contributed by atoms with Crippen molar-refractivity contribution in [2.75, 3.05) is 34.0 Å².